The predicted molar refractivity (Wildman–Crippen MR) is 133 cm³/mol. The van der Waals surface area contributed by atoms with Gasteiger partial charge in [0.15, 0.2) is 0 Å². The maximum atomic E-state index is 13.4. The molecule has 1 amide bonds. The molecule has 0 aliphatic rings. The minimum atomic E-state index is -4.04. The number of nitrogens with zero attached hydrogens (tertiary/aromatic N) is 2. The topological polar surface area (TPSA) is 88.5 Å². The fourth-order valence-corrected chi connectivity index (χ4v) is 5.84. The Labute approximate surface area is 199 Å². The number of carbonyl (C=O) groups is 1. The van der Waals surface area contributed by atoms with Gasteiger partial charge in [-0.25, -0.2) is 8.42 Å². The van der Waals surface area contributed by atoms with Crippen LogP contribution in [-0.4, -0.2) is 25.4 Å². The van der Waals surface area contributed by atoms with E-state index in [4.69, 9.17) is 11.6 Å². The molecule has 0 aliphatic carbocycles. The summed E-state index contributed by atoms with van der Waals surface area (Å²) in [4.78, 5) is 24.7. The van der Waals surface area contributed by atoms with E-state index in [1.807, 2.05) is 6.92 Å². The van der Waals surface area contributed by atoms with Gasteiger partial charge in [-0.15, -0.1) is 0 Å². The fourth-order valence-electron chi connectivity index (χ4n) is 3.33. The molecule has 0 unspecified atom stereocenters. The molecule has 1 heterocycles. The lowest BCUT2D eigenvalue weighted by Crippen LogP contribution is -2.38. The maximum Gasteiger partial charge on any atom is 0.307 e. The highest BCUT2D eigenvalue weighted by Gasteiger charge is 2.27. The van der Waals surface area contributed by atoms with Gasteiger partial charge < -0.3 is 9.88 Å². The first-order valence-corrected chi connectivity index (χ1v) is 12.5. The molecule has 0 fully saturated rings. The van der Waals surface area contributed by atoms with Crippen LogP contribution in [0.4, 0.5) is 11.4 Å². The Balaban J connectivity index is 1.65. The number of anilines is 2. The smallest absolute Gasteiger partial charge is 0.307 e. The normalized spacial score (nSPS) is 11.5. The zero-order valence-electron chi connectivity index (χ0n) is 17.8. The Bertz CT molecular complexity index is 1510. The minimum Gasteiger partial charge on any atom is -0.324 e. The minimum absolute atomic E-state index is 0.0661. The van der Waals surface area contributed by atoms with Crippen LogP contribution in [0.15, 0.2) is 76.4 Å². The van der Waals surface area contributed by atoms with Crippen LogP contribution in [0, 0.1) is 6.92 Å². The number of rotatable bonds is 6. The maximum absolute atomic E-state index is 13.4. The Morgan fingerprint density at radius 3 is 2.52 bits per heavy atom. The molecular formula is C23H20ClN3O4S2. The molecule has 0 bridgehead atoms. The van der Waals surface area contributed by atoms with E-state index < -0.39 is 22.5 Å². The molecule has 0 radical (unpaired) electrons. The SMILES string of the molecule is Cc1ccc(S(=O)(=O)N(CC(=O)Nc2ccc3c(c2)sc(=O)n3C)c2cccc(Cl)c2)cc1. The van der Waals surface area contributed by atoms with E-state index in [1.165, 1.54) is 22.8 Å². The van der Waals surface area contributed by atoms with Crippen LogP contribution in [0.2, 0.25) is 5.02 Å². The number of hydrogen-bond donors (Lipinski definition) is 1. The molecule has 0 atom stereocenters. The molecule has 0 aliphatic heterocycles. The van der Waals surface area contributed by atoms with Crippen LogP contribution >= 0.6 is 22.9 Å². The molecule has 4 rings (SSSR count). The van der Waals surface area contributed by atoms with Gasteiger partial charge >= 0.3 is 4.87 Å². The third-order valence-corrected chi connectivity index (χ3v) is 8.09. The third-order valence-electron chi connectivity index (χ3n) is 5.07. The second-order valence-electron chi connectivity index (χ2n) is 7.46. The molecule has 0 saturated carbocycles. The van der Waals surface area contributed by atoms with Crippen molar-refractivity contribution in [3.63, 3.8) is 0 Å². The van der Waals surface area contributed by atoms with Crippen LogP contribution < -0.4 is 14.5 Å². The largest absolute Gasteiger partial charge is 0.324 e. The summed E-state index contributed by atoms with van der Waals surface area (Å²) in [6, 6.07) is 17.8. The van der Waals surface area contributed by atoms with Crippen molar-refractivity contribution in [3.8, 4) is 0 Å². The van der Waals surface area contributed by atoms with E-state index in [0.29, 0.717) is 10.7 Å². The first kappa shape index (κ1) is 23.0. The molecule has 1 N–H and O–H groups in total. The van der Waals surface area contributed by atoms with E-state index in [9.17, 15) is 18.0 Å². The van der Waals surface area contributed by atoms with Gasteiger partial charge in [-0.1, -0.05) is 46.7 Å². The number of sulfonamides is 1. The summed E-state index contributed by atoms with van der Waals surface area (Å²) in [5, 5.41) is 3.08. The number of nitrogens with one attached hydrogen (secondary N) is 1. The zero-order valence-corrected chi connectivity index (χ0v) is 20.2. The first-order chi connectivity index (χ1) is 15.6. The van der Waals surface area contributed by atoms with Crippen molar-refractivity contribution in [2.45, 2.75) is 11.8 Å². The van der Waals surface area contributed by atoms with Gasteiger partial charge in [-0.2, -0.15) is 0 Å². The molecule has 10 heteroatoms. The summed E-state index contributed by atoms with van der Waals surface area (Å²) in [6.45, 7) is 1.40. The van der Waals surface area contributed by atoms with Crippen molar-refractivity contribution in [1.29, 1.82) is 0 Å². The lowest BCUT2D eigenvalue weighted by molar-refractivity contribution is -0.114. The summed E-state index contributed by atoms with van der Waals surface area (Å²) in [7, 11) is -2.36. The van der Waals surface area contributed by atoms with Crippen molar-refractivity contribution < 1.29 is 13.2 Å². The second kappa shape index (κ2) is 9.01. The van der Waals surface area contributed by atoms with Crippen LogP contribution in [0.25, 0.3) is 10.2 Å². The van der Waals surface area contributed by atoms with E-state index in [2.05, 4.69) is 5.32 Å². The van der Waals surface area contributed by atoms with Gasteiger partial charge in [0.05, 0.1) is 20.8 Å². The lowest BCUT2D eigenvalue weighted by atomic mass is 10.2. The molecular weight excluding hydrogens is 482 g/mol. The zero-order chi connectivity index (χ0) is 23.8. The molecule has 0 spiro atoms. The Hall–Kier alpha value is -3.14. The number of aromatic nitrogens is 1. The second-order valence-corrected chi connectivity index (χ2v) is 10.8. The van der Waals surface area contributed by atoms with E-state index >= 15 is 0 Å². The van der Waals surface area contributed by atoms with Crippen molar-refractivity contribution in [2.24, 2.45) is 7.05 Å². The molecule has 4 aromatic rings. The van der Waals surface area contributed by atoms with Crippen molar-refractivity contribution in [1.82, 2.24) is 4.57 Å². The Morgan fingerprint density at radius 1 is 1.09 bits per heavy atom. The van der Waals surface area contributed by atoms with Gasteiger partial charge in [0, 0.05) is 17.8 Å². The fraction of sp³-hybridized carbons (Fsp3) is 0.130. The van der Waals surface area contributed by atoms with Crippen molar-refractivity contribution in [3.05, 3.63) is 87.0 Å². The van der Waals surface area contributed by atoms with Crippen LogP contribution in [0.1, 0.15) is 5.56 Å². The quantitative estimate of drug-likeness (QED) is 0.424. The number of thiazole rings is 1. The average molecular weight is 502 g/mol. The van der Waals surface area contributed by atoms with E-state index in [0.717, 1.165) is 31.4 Å². The molecule has 3 aromatic carbocycles. The monoisotopic (exact) mass is 501 g/mol. The Morgan fingerprint density at radius 2 is 1.82 bits per heavy atom. The highest BCUT2D eigenvalue weighted by atomic mass is 35.5. The highest BCUT2D eigenvalue weighted by Crippen LogP contribution is 2.27. The third kappa shape index (κ3) is 4.80. The summed E-state index contributed by atoms with van der Waals surface area (Å²) in [5.41, 5.74) is 2.41. The van der Waals surface area contributed by atoms with Gasteiger partial charge in [0.25, 0.3) is 10.0 Å². The van der Waals surface area contributed by atoms with Gasteiger partial charge in [-0.05, 0) is 55.5 Å². The summed E-state index contributed by atoms with van der Waals surface area (Å²) < 4.78 is 30.1. The van der Waals surface area contributed by atoms with Gasteiger partial charge in [-0.3, -0.25) is 13.9 Å². The summed E-state index contributed by atoms with van der Waals surface area (Å²) >= 11 is 7.16. The number of carbonyl (C=O) groups excluding carboxylic acids is 1. The predicted octanol–water partition coefficient (Wildman–Crippen LogP) is 4.40. The first-order valence-electron chi connectivity index (χ1n) is 9.89. The van der Waals surface area contributed by atoms with E-state index in [-0.39, 0.29) is 15.5 Å². The number of hydrogen-bond acceptors (Lipinski definition) is 5. The van der Waals surface area contributed by atoms with E-state index in [1.54, 1.807) is 55.6 Å². The van der Waals surface area contributed by atoms with Crippen LogP contribution in [0.3, 0.4) is 0 Å². The average Bonchev–Trinajstić information content (AvgIpc) is 3.05. The Kier molecular flexibility index (Phi) is 6.29. The molecule has 33 heavy (non-hydrogen) atoms. The number of fused-ring (bicyclic) bond motifs is 1. The van der Waals surface area contributed by atoms with Crippen molar-refractivity contribution >= 4 is 60.5 Å². The number of halogens is 1. The van der Waals surface area contributed by atoms with Gasteiger partial charge in [0.1, 0.15) is 6.54 Å². The highest BCUT2D eigenvalue weighted by molar-refractivity contribution is 7.92. The number of benzene rings is 3. The molecule has 7 nitrogen and oxygen atoms in total. The lowest BCUT2D eigenvalue weighted by Gasteiger charge is -2.24. The van der Waals surface area contributed by atoms with Crippen LogP contribution in [-0.2, 0) is 21.9 Å². The molecule has 170 valence electrons. The van der Waals surface area contributed by atoms with Crippen molar-refractivity contribution in [2.75, 3.05) is 16.2 Å². The standard InChI is InChI=1S/C23H20ClN3O4S2/c1-15-6-9-19(10-7-15)33(30,31)27(18-5-3-4-16(24)12-18)14-22(28)25-17-8-11-20-21(13-17)32-23(29)26(20)2/h3-13H,14H2,1-2H3,(H,25,28). The number of amides is 1. The van der Waals surface area contributed by atoms with Crippen LogP contribution in [0.5, 0.6) is 0 Å². The number of aryl methyl sites for hydroxylation is 2. The van der Waals surface area contributed by atoms with Gasteiger partial charge in [0.2, 0.25) is 5.91 Å². The molecule has 1 aromatic heterocycles. The molecule has 0 saturated heterocycles. The summed E-state index contributed by atoms with van der Waals surface area (Å²) in [5.74, 6) is -0.534. The summed E-state index contributed by atoms with van der Waals surface area (Å²) in [6.07, 6.45) is 0.